The Balaban J connectivity index is 1.47. The van der Waals surface area contributed by atoms with Gasteiger partial charge in [-0.1, -0.05) is 30.3 Å². The molecular weight excluding hydrogens is 336 g/mol. The second-order valence-electron chi connectivity index (χ2n) is 7.90. The number of rotatable bonds is 2. The standard InChI is InChI=1S/C23H25N2O2/c1-16-8-9-17(2)21(10-16)23(27)25-14-18-11-19(15-25)13-24(12-18)22(26)20-6-4-3-5-7-20/h3-10,18-19H,1,11-15H2,2H3/t18-,19?/m0/s1. The van der Waals surface area contributed by atoms with Gasteiger partial charge >= 0.3 is 0 Å². The van der Waals surface area contributed by atoms with Crippen LogP contribution in [0.25, 0.3) is 0 Å². The molecule has 2 heterocycles. The first-order valence-corrected chi connectivity index (χ1v) is 9.57. The lowest BCUT2D eigenvalue weighted by Gasteiger charge is -2.46. The average molecular weight is 361 g/mol. The first-order valence-electron chi connectivity index (χ1n) is 9.57. The van der Waals surface area contributed by atoms with E-state index in [1.807, 2.05) is 65.3 Å². The van der Waals surface area contributed by atoms with Gasteiger partial charge in [-0.05, 0) is 61.4 Å². The van der Waals surface area contributed by atoms with E-state index in [1.165, 1.54) is 0 Å². The molecule has 4 nitrogen and oxygen atoms in total. The molecule has 0 aliphatic carbocycles. The lowest BCUT2D eigenvalue weighted by Crippen LogP contribution is -2.55. The molecule has 2 aromatic rings. The predicted molar refractivity (Wildman–Crippen MR) is 105 cm³/mol. The zero-order valence-electron chi connectivity index (χ0n) is 15.7. The van der Waals surface area contributed by atoms with Crippen LogP contribution >= 0.6 is 0 Å². The van der Waals surface area contributed by atoms with Crippen LogP contribution in [0.4, 0.5) is 0 Å². The molecular formula is C23H25N2O2. The molecule has 1 unspecified atom stereocenters. The average Bonchev–Trinajstić information content (AvgIpc) is 2.68. The summed E-state index contributed by atoms with van der Waals surface area (Å²) in [6.07, 6.45) is 1.09. The Bertz CT molecular complexity index is 848. The quantitative estimate of drug-likeness (QED) is 0.822. The van der Waals surface area contributed by atoms with Crippen LogP contribution in [-0.2, 0) is 0 Å². The molecule has 2 atom stereocenters. The fraction of sp³-hybridized carbons (Fsp3) is 0.348. The molecule has 0 aromatic heterocycles. The van der Waals surface area contributed by atoms with E-state index >= 15 is 0 Å². The Kier molecular flexibility index (Phi) is 4.73. The van der Waals surface area contributed by atoms with Gasteiger partial charge in [0.1, 0.15) is 0 Å². The van der Waals surface area contributed by atoms with E-state index in [1.54, 1.807) is 0 Å². The number of carbonyl (C=O) groups is 2. The van der Waals surface area contributed by atoms with Gasteiger partial charge in [0.2, 0.25) is 0 Å². The second kappa shape index (κ2) is 7.18. The van der Waals surface area contributed by atoms with Crippen LogP contribution in [0.1, 0.15) is 38.3 Å². The Hall–Kier alpha value is -2.62. The summed E-state index contributed by atoms with van der Waals surface area (Å²) in [6.45, 7) is 8.80. The fourth-order valence-electron chi connectivity index (χ4n) is 4.45. The van der Waals surface area contributed by atoms with Crippen molar-refractivity contribution in [3.05, 3.63) is 77.7 Å². The van der Waals surface area contributed by atoms with Gasteiger partial charge in [-0.25, -0.2) is 0 Å². The van der Waals surface area contributed by atoms with Crippen LogP contribution in [-0.4, -0.2) is 47.8 Å². The number of hydrogen-bond donors (Lipinski definition) is 0. The molecule has 2 aliphatic rings. The van der Waals surface area contributed by atoms with Gasteiger partial charge in [0.25, 0.3) is 11.8 Å². The highest BCUT2D eigenvalue weighted by atomic mass is 16.2. The number of likely N-dealkylation sites (tertiary alicyclic amines) is 2. The SMILES string of the molecule is [CH2]c1ccc(C)c(C(=O)N2CC3C[C@@H](CN(C(=O)c4ccccc4)C3)C2)c1. The summed E-state index contributed by atoms with van der Waals surface area (Å²) >= 11 is 0. The van der Waals surface area contributed by atoms with Crippen LogP contribution in [0.3, 0.4) is 0 Å². The first-order chi connectivity index (χ1) is 13.0. The van der Waals surface area contributed by atoms with E-state index in [2.05, 4.69) is 6.92 Å². The van der Waals surface area contributed by atoms with E-state index in [9.17, 15) is 9.59 Å². The number of benzene rings is 2. The van der Waals surface area contributed by atoms with Crippen molar-refractivity contribution in [2.24, 2.45) is 11.8 Å². The molecule has 27 heavy (non-hydrogen) atoms. The molecule has 2 bridgehead atoms. The third-order valence-corrected chi connectivity index (χ3v) is 5.71. The lowest BCUT2D eigenvalue weighted by atomic mass is 9.84. The highest BCUT2D eigenvalue weighted by molar-refractivity contribution is 5.96. The normalized spacial score (nSPS) is 21.9. The monoisotopic (exact) mass is 361 g/mol. The fourth-order valence-corrected chi connectivity index (χ4v) is 4.45. The maximum atomic E-state index is 13.1. The molecule has 2 saturated heterocycles. The van der Waals surface area contributed by atoms with Crippen molar-refractivity contribution in [2.75, 3.05) is 26.2 Å². The summed E-state index contributed by atoms with van der Waals surface area (Å²) in [5, 5.41) is 0. The van der Waals surface area contributed by atoms with Crippen molar-refractivity contribution < 1.29 is 9.59 Å². The van der Waals surface area contributed by atoms with E-state index in [-0.39, 0.29) is 11.8 Å². The van der Waals surface area contributed by atoms with Crippen LogP contribution in [0, 0.1) is 25.7 Å². The summed E-state index contributed by atoms with van der Waals surface area (Å²) in [4.78, 5) is 29.8. The van der Waals surface area contributed by atoms with Gasteiger partial charge in [0.05, 0.1) is 0 Å². The highest BCUT2D eigenvalue weighted by Gasteiger charge is 2.38. The Labute approximate surface area is 160 Å². The van der Waals surface area contributed by atoms with Crippen LogP contribution in [0.5, 0.6) is 0 Å². The van der Waals surface area contributed by atoms with Gasteiger partial charge < -0.3 is 9.80 Å². The molecule has 2 fully saturated rings. The maximum Gasteiger partial charge on any atom is 0.254 e. The van der Waals surface area contributed by atoms with E-state index in [4.69, 9.17) is 0 Å². The van der Waals surface area contributed by atoms with Gasteiger partial charge in [-0.3, -0.25) is 9.59 Å². The molecule has 0 spiro atoms. The molecule has 4 rings (SSSR count). The number of hydrogen-bond acceptors (Lipinski definition) is 2. The summed E-state index contributed by atoms with van der Waals surface area (Å²) in [5.74, 6) is 0.885. The Morgan fingerprint density at radius 1 is 0.889 bits per heavy atom. The van der Waals surface area contributed by atoms with Gasteiger partial charge in [0.15, 0.2) is 0 Å². The minimum Gasteiger partial charge on any atom is -0.338 e. The van der Waals surface area contributed by atoms with Gasteiger partial charge in [-0.15, -0.1) is 0 Å². The van der Waals surface area contributed by atoms with Crippen molar-refractivity contribution in [3.8, 4) is 0 Å². The summed E-state index contributed by atoms with van der Waals surface area (Å²) < 4.78 is 0. The minimum atomic E-state index is 0.0931. The lowest BCUT2D eigenvalue weighted by molar-refractivity contribution is 0.0241. The van der Waals surface area contributed by atoms with Gasteiger partial charge in [0, 0.05) is 37.3 Å². The van der Waals surface area contributed by atoms with Crippen LogP contribution < -0.4 is 0 Å². The Morgan fingerprint density at radius 3 is 2.11 bits per heavy atom. The van der Waals surface area contributed by atoms with E-state index in [0.717, 1.165) is 41.8 Å². The van der Waals surface area contributed by atoms with Crippen molar-refractivity contribution in [1.82, 2.24) is 9.80 Å². The number of carbonyl (C=O) groups excluding carboxylic acids is 2. The molecule has 1 radical (unpaired) electrons. The number of aryl methyl sites for hydroxylation is 1. The minimum absolute atomic E-state index is 0.0931. The van der Waals surface area contributed by atoms with Crippen molar-refractivity contribution in [3.63, 3.8) is 0 Å². The third-order valence-electron chi connectivity index (χ3n) is 5.71. The second-order valence-corrected chi connectivity index (χ2v) is 7.90. The van der Waals surface area contributed by atoms with Crippen LogP contribution in [0.2, 0.25) is 0 Å². The topological polar surface area (TPSA) is 40.6 Å². The van der Waals surface area contributed by atoms with Crippen molar-refractivity contribution in [1.29, 1.82) is 0 Å². The molecule has 4 heteroatoms. The molecule has 2 aromatic carbocycles. The van der Waals surface area contributed by atoms with Gasteiger partial charge in [-0.2, -0.15) is 0 Å². The zero-order chi connectivity index (χ0) is 19.0. The zero-order valence-corrected chi connectivity index (χ0v) is 15.7. The number of fused-ring (bicyclic) bond motifs is 2. The van der Waals surface area contributed by atoms with E-state index in [0.29, 0.717) is 24.9 Å². The predicted octanol–water partition coefficient (Wildman–Crippen LogP) is 3.41. The molecule has 2 amide bonds. The molecule has 0 saturated carbocycles. The number of piperidine rings is 2. The molecule has 2 aliphatic heterocycles. The molecule has 0 N–H and O–H groups in total. The highest BCUT2D eigenvalue weighted by Crippen LogP contribution is 2.30. The smallest absolute Gasteiger partial charge is 0.254 e. The Morgan fingerprint density at radius 2 is 1.48 bits per heavy atom. The molecule has 139 valence electrons. The summed E-state index contributed by atoms with van der Waals surface area (Å²) in [7, 11) is 0. The third kappa shape index (κ3) is 3.61. The summed E-state index contributed by atoms with van der Waals surface area (Å²) in [6, 6.07) is 15.2. The van der Waals surface area contributed by atoms with E-state index < -0.39 is 0 Å². The largest absolute Gasteiger partial charge is 0.338 e. The van der Waals surface area contributed by atoms with Crippen molar-refractivity contribution in [2.45, 2.75) is 13.3 Å². The number of amides is 2. The number of nitrogens with zero attached hydrogens (tertiary/aromatic N) is 2. The maximum absolute atomic E-state index is 13.1. The first kappa shape index (κ1) is 17.8. The van der Waals surface area contributed by atoms with Crippen LogP contribution in [0.15, 0.2) is 48.5 Å². The van der Waals surface area contributed by atoms with Crippen molar-refractivity contribution >= 4 is 11.8 Å². The summed E-state index contributed by atoms with van der Waals surface area (Å²) in [5.41, 5.74) is 3.35.